The Kier molecular flexibility index (Phi) is 3.64. The van der Waals surface area contributed by atoms with Crippen LogP contribution in [0.4, 0.5) is 0 Å². The van der Waals surface area contributed by atoms with Gasteiger partial charge < -0.3 is 9.84 Å². The van der Waals surface area contributed by atoms with Gasteiger partial charge in [0.2, 0.25) is 5.88 Å². The highest BCUT2D eigenvalue weighted by Gasteiger charge is 2.10. The summed E-state index contributed by atoms with van der Waals surface area (Å²) in [7, 11) is 0. The minimum atomic E-state index is -1.14. The molecule has 19 heavy (non-hydrogen) atoms. The molecule has 1 heterocycles. The number of hydrogen-bond donors (Lipinski definition) is 1. The summed E-state index contributed by atoms with van der Waals surface area (Å²) in [6, 6.07) is 10.9. The highest BCUT2D eigenvalue weighted by molar-refractivity contribution is 6.33. The second kappa shape index (κ2) is 5.38. The molecule has 0 saturated carbocycles. The lowest BCUT2D eigenvalue weighted by atomic mass is 10.2. The molecule has 1 N–H and O–H groups in total. The molecule has 0 spiro atoms. The van der Waals surface area contributed by atoms with E-state index >= 15 is 0 Å². The fourth-order valence-electron chi connectivity index (χ4n) is 1.39. The maximum Gasteiger partial charge on any atom is 0.337 e. The van der Waals surface area contributed by atoms with Crippen LogP contribution in [0.3, 0.4) is 0 Å². The molecule has 0 saturated heterocycles. The molecule has 0 amide bonds. The fraction of sp³-hybridized carbons (Fsp3) is 0. The maximum absolute atomic E-state index is 10.9. The fourth-order valence-corrected chi connectivity index (χ4v) is 1.58. The van der Waals surface area contributed by atoms with Crippen LogP contribution in [0.2, 0.25) is 5.02 Å². The molecule has 5 nitrogen and oxygen atoms in total. The number of nitrogens with zero attached hydrogens (tertiary/aromatic N) is 2. The topological polar surface area (TPSA) is 83.2 Å². The lowest BCUT2D eigenvalue weighted by molar-refractivity contribution is 0.0696. The molecule has 0 aliphatic rings. The van der Waals surface area contributed by atoms with Crippen LogP contribution >= 0.6 is 11.6 Å². The Bertz CT molecular complexity index is 680. The van der Waals surface area contributed by atoms with Gasteiger partial charge in [-0.05, 0) is 24.3 Å². The second-order valence-electron chi connectivity index (χ2n) is 3.52. The van der Waals surface area contributed by atoms with Gasteiger partial charge in [0.25, 0.3) is 0 Å². The minimum Gasteiger partial charge on any atom is -0.478 e. The molecule has 94 valence electrons. The highest BCUT2D eigenvalue weighted by Crippen LogP contribution is 2.25. The van der Waals surface area contributed by atoms with Crippen molar-refractivity contribution in [1.82, 2.24) is 4.98 Å². The molecule has 0 radical (unpaired) electrons. The predicted octanol–water partition coefficient (Wildman–Crippen LogP) is 3.10. The number of pyridine rings is 1. The van der Waals surface area contributed by atoms with Crippen molar-refractivity contribution >= 4 is 17.6 Å². The quantitative estimate of drug-likeness (QED) is 0.930. The first kappa shape index (κ1) is 12.9. The molecule has 0 atom stereocenters. The number of benzene rings is 1. The third-order valence-electron chi connectivity index (χ3n) is 2.23. The van der Waals surface area contributed by atoms with Crippen molar-refractivity contribution in [3.8, 4) is 17.7 Å². The van der Waals surface area contributed by atoms with E-state index in [1.807, 2.05) is 6.07 Å². The summed E-state index contributed by atoms with van der Waals surface area (Å²) < 4.78 is 5.38. The zero-order chi connectivity index (χ0) is 13.8. The largest absolute Gasteiger partial charge is 0.478 e. The summed E-state index contributed by atoms with van der Waals surface area (Å²) in [5.41, 5.74) is 0.153. The summed E-state index contributed by atoms with van der Waals surface area (Å²) >= 11 is 5.75. The van der Waals surface area contributed by atoms with E-state index in [9.17, 15) is 4.79 Å². The summed E-state index contributed by atoms with van der Waals surface area (Å²) in [5, 5.41) is 17.8. The van der Waals surface area contributed by atoms with Crippen molar-refractivity contribution in [1.29, 1.82) is 5.26 Å². The molecule has 0 bridgehead atoms. The van der Waals surface area contributed by atoms with Gasteiger partial charge in [0, 0.05) is 6.07 Å². The Hall–Kier alpha value is -2.58. The van der Waals surface area contributed by atoms with E-state index in [1.165, 1.54) is 24.3 Å². The average Bonchev–Trinajstić information content (AvgIpc) is 2.41. The summed E-state index contributed by atoms with van der Waals surface area (Å²) in [6.45, 7) is 0. The predicted molar refractivity (Wildman–Crippen MR) is 67.4 cm³/mol. The van der Waals surface area contributed by atoms with Crippen LogP contribution < -0.4 is 4.74 Å². The number of halogens is 1. The van der Waals surface area contributed by atoms with Crippen LogP contribution in [0.1, 0.15) is 16.1 Å². The number of rotatable bonds is 3. The van der Waals surface area contributed by atoms with Crippen LogP contribution in [0.5, 0.6) is 11.6 Å². The third kappa shape index (κ3) is 3.00. The van der Waals surface area contributed by atoms with Gasteiger partial charge in [-0.25, -0.2) is 9.78 Å². The van der Waals surface area contributed by atoms with Crippen LogP contribution in [-0.2, 0) is 0 Å². The molecule has 1 aromatic carbocycles. The van der Waals surface area contributed by atoms with Gasteiger partial charge in [0.1, 0.15) is 17.5 Å². The summed E-state index contributed by atoms with van der Waals surface area (Å²) in [5.74, 6) is -0.656. The number of carboxylic acid groups (broad SMARTS) is 1. The first-order valence-corrected chi connectivity index (χ1v) is 5.56. The Morgan fingerprint density at radius 2 is 2.16 bits per heavy atom. The van der Waals surface area contributed by atoms with Crippen molar-refractivity contribution in [2.45, 2.75) is 0 Å². The standard InChI is InChI=1S/C13H7ClN2O3/c14-11-5-4-9(6-10(11)13(17)18)19-12-3-1-2-8(7-15)16-12/h1-6H,(H,17,18). The van der Waals surface area contributed by atoms with E-state index in [0.717, 1.165) is 0 Å². The van der Waals surface area contributed by atoms with E-state index in [4.69, 9.17) is 26.7 Å². The van der Waals surface area contributed by atoms with Gasteiger partial charge >= 0.3 is 5.97 Å². The number of carbonyl (C=O) groups is 1. The SMILES string of the molecule is N#Cc1cccc(Oc2ccc(Cl)c(C(=O)O)c2)n1. The zero-order valence-electron chi connectivity index (χ0n) is 9.50. The number of aromatic carboxylic acids is 1. The molecule has 2 rings (SSSR count). The molecule has 0 aliphatic carbocycles. The van der Waals surface area contributed by atoms with Gasteiger partial charge in [0.05, 0.1) is 10.6 Å². The van der Waals surface area contributed by atoms with E-state index in [1.54, 1.807) is 12.1 Å². The third-order valence-corrected chi connectivity index (χ3v) is 2.56. The van der Waals surface area contributed by atoms with Crippen molar-refractivity contribution in [3.05, 3.63) is 52.7 Å². The number of carboxylic acids is 1. The molecule has 6 heteroatoms. The highest BCUT2D eigenvalue weighted by atomic mass is 35.5. The first-order valence-electron chi connectivity index (χ1n) is 5.18. The maximum atomic E-state index is 10.9. The molecule has 0 unspecified atom stereocenters. The van der Waals surface area contributed by atoms with Crippen LogP contribution in [0.25, 0.3) is 0 Å². The Morgan fingerprint density at radius 1 is 1.37 bits per heavy atom. The molecule has 2 aromatic rings. The molecule has 1 aromatic heterocycles. The van der Waals surface area contributed by atoms with Gasteiger partial charge in [0.15, 0.2) is 0 Å². The number of aromatic nitrogens is 1. The van der Waals surface area contributed by atoms with E-state index in [-0.39, 0.29) is 27.9 Å². The van der Waals surface area contributed by atoms with Gasteiger partial charge in [-0.15, -0.1) is 0 Å². The molecular weight excluding hydrogens is 268 g/mol. The number of nitriles is 1. The summed E-state index contributed by atoms with van der Waals surface area (Å²) in [4.78, 5) is 14.8. The van der Waals surface area contributed by atoms with E-state index < -0.39 is 5.97 Å². The average molecular weight is 275 g/mol. The van der Waals surface area contributed by atoms with E-state index in [0.29, 0.717) is 0 Å². The lowest BCUT2D eigenvalue weighted by Crippen LogP contribution is -1.98. The Labute approximate surface area is 113 Å². The first-order chi connectivity index (χ1) is 9.10. The molecule has 0 aliphatic heterocycles. The Morgan fingerprint density at radius 3 is 2.84 bits per heavy atom. The van der Waals surface area contributed by atoms with Crippen molar-refractivity contribution in [2.24, 2.45) is 0 Å². The van der Waals surface area contributed by atoms with Gasteiger partial charge in [-0.2, -0.15) is 5.26 Å². The Balaban J connectivity index is 2.31. The molecule has 0 fully saturated rings. The van der Waals surface area contributed by atoms with Crippen molar-refractivity contribution in [3.63, 3.8) is 0 Å². The number of ether oxygens (including phenoxy) is 1. The smallest absolute Gasteiger partial charge is 0.337 e. The minimum absolute atomic E-state index is 0.0596. The van der Waals surface area contributed by atoms with Crippen molar-refractivity contribution in [2.75, 3.05) is 0 Å². The van der Waals surface area contributed by atoms with E-state index in [2.05, 4.69) is 4.98 Å². The van der Waals surface area contributed by atoms with Gasteiger partial charge in [-0.1, -0.05) is 17.7 Å². The molecular formula is C13H7ClN2O3. The second-order valence-corrected chi connectivity index (χ2v) is 3.93. The number of hydrogen-bond acceptors (Lipinski definition) is 4. The zero-order valence-corrected chi connectivity index (χ0v) is 10.3. The van der Waals surface area contributed by atoms with Gasteiger partial charge in [-0.3, -0.25) is 0 Å². The normalized spacial score (nSPS) is 9.68. The van der Waals surface area contributed by atoms with Crippen LogP contribution in [-0.4, -0.2) is 16.1 Å². The van der Waals surface area contributed by atoms with Crippen molar-refractivity contribution < 1.29 is 14.6 Å². The lowest BCUT2D eigenvalue weighted by Gasteiger charge is -2.06. The summed E-state index contributed by atoms with van der Waals surface area (Å²) in [6.07, 6.45) is 0. The van der Waals surface area contributed by atoms with Crippen LogP contribution in [0, 0.1) is 11.3 Å². The monoisotopic (exact) mass is 274 g/mol. The van der Waals surface area contributed by atoms with Crippen LogP contribution in [0.15, 0.2) is 36.4 Å².